The van der Waals surface area contributed by atoms with Crippen LogP contribution in [0.5, 0.6) is 17.2 Å². The smallest absolute Gasteiger partial charge is 0.129 e. The third kappa shape index (κ3) is 3.70. The molecular weight excluding hydrogens is 340 g/mol. The first-order chi connectivity index (χ1) is 12.9. The molecule has 2 atom stereocenters. The van der Waals surface area contributed by atoms with Gasteiger partial charge in [-0.3, -0.25) is 0 Å². The van der Waals surface area contributed by atoms with Gasteiger partial charge in [0.25, 0.3) is 0 Å². The Bertz CT molecular complexity index is 907. The highest BCUT2D eigenvalue weighted by atomic mass is 16.5. The number of ether oxygens (including phenoxy) is 1. The molecule has 3 rings (SSSR count). The van der Waals surface area contributed by atoms with Crippen LogP contribution >= 0.6 is 0 Å². The summed E-state index contributed by atoms with van der Waals surface area (Å²) in [4.78, 5) is 0. The quantitative estimate of drug-likeness (QED) is 0.512. The van der Waals surface area contributed by atoms with E-state index in [2.05, 4.69) is 6.58 Å². The van der Waals surface area contributed by atoms with Gasteiger partial charge in [-0.25, -0.2) is 0 Å². The fourth-order valence-corrected chi connectivity index (χ4v) is 3.49. The van der Waals surface area contributed by atoms with Gasteiger partial charge in [-0.15, -0.1) is 0 Å². The van der Waals surface area contributed by atoms with E-state index >= 15 is 0 Å². The molecule has 1 heterocycles. The SMILES string of the molecule is C=C(/C=C\C(O)=C/C)[C@H]1c2ccc(O)c(C)c2OC[C@H]1c1ccc(O)cc1. The lowest BCUT2D eigenvalue weighted by Gasteiger charge is -2.35. The Morgan fingerprint density at radius 2 is 1.81 bits per heavy atom. The van der Waals surface area contributed by atoms with Crippen LogP contribution in [0.3, 0.4) is 0 Å². The summed E-state index contributed by atoms with van der Waals surface area (Å²) in [6.45, 7) is 8.25. The van der Waals surface area contributed by atoms with Crippen LogP contribution < -0.4 is 4.74 Å². The number of phenolic OH excluding ortho intramolecular Hbond substituents is 2. The molecule has 0 spiro atoms. The fourth-order valence-electron chi connectivity index (χ4n) is 3.49. The van der Waals surface area contributed by atoms with Crippen molar-refractivity contribution in [1.82, 2.24) is 0 Å². The minimum atomic E-state index is -0.0847. The van der Waals surface area contributed by atoms with Gasteiger partial charge in [-0.1, -0.05) is 30.9 Å². The first kappa shape index (κ1) is 18.6. The topological polar surface area (TPSA) is 69.9 Å². The molecule has 4 nitrogen and oxygen atoms in total. The molecule has 0 bridgehead atoms. The highest BCUT2D eigenvalue weighted by Crippen LogP contribution is 2.48. The lowest BCUT2D eigenvalue weighted by molar-refractivity contribution is 0.245. The van der Waals surface area contributed by atoms with Gasteiger partial charge in [-0.05, 0) is 55.3 Å². The van der Waals surface area contributed by atoms with Crippen LogP contribution in [-0.4, -0.2) is 21.9 Å². The minimum Gasteiger partial charge on any atom is -0.508 e. The first-order valence-electron chi connectivity index (χ1n) is 8.88. The van der Waals surface area contributed by atoms with Crippen LogP contribution in [-0.2, 0) is 0 Å². The molecule has 27 heavy (non-hydrogen) atoms. The summed E-state index contributed by atoms with van der Waals surface area (Å²) in [5.41, 5.74) is 3.51. The predicted molar refractivity (Wildman–Crippen MR) is 107 cm³/mol. The summed E-state index contributed by atoms with van der Waals surface area (Å²) in [5, 5.41) is 29.4. The maximum absolute atomic E-state index is 10.0. The highest BCUT2D eigenvalue weighted by molar-refractivity contribution is 5.56. The molecule has 0 radical (unpaired) electrons. The number of rotatable bonds is 4. The third-order valence-electron chi connectivity index (χ3n) is 5.04. The average Bonchev–Trinajstić information content (AvgIpc) is 2.68. The molecule has 3 N–H and O–H groups in total. The van der Waals surface area contributed by atoms with Gasteiger partial charge < -0.3 is 20.1 Å². The number of hydrogen-bond donors (Lipinski definition) is 3. The summed E-state index contributed by atoms with van der Waals surface area (Å²) in [6, 6.07) is 10.6. The van der Waals surface area contributed by atoms with Crippen molar-refractivity contribution in [1.29, 1.82) is 0 Å². The van der Waals surface area contributed by atoms with Gasteiger partial charge >= 0.3 is 0 Å². The first-order valence-corrected chi connectivity index (χ1v) is 8.88. The largest absolute Gasteiger partial charge is 0.508 e. The fraction of sp³-hybridized carbons (Fsp3) is 0.217. The zero-order valence-electron chi connectivity index (χ0n) is 15.5. The van der Waals surface area contributed by atoms with E-state index in [1.54, 1.807) is 37.3 Å². The van der Waals surface area contributed by atoms with Crippen molar-refractivity contribution in [3.05, 3.63) is 89.2 Å². The molecule has 0 unspecified atom stereocenters. The molecule has 0 aliphatic carbocycles. The Kier molecular flexibility index (Phi) is 5.26. The Hall–Kier alpha value is -3.14. The number of allylic oxidation sites excluding steroid dienone is 4. The molecule has 0 amide bonds. The van der Waals surface area contributed by atoms with E-state index in [9.17, 15) is 15.3 Å². The number of aromatic hydroxyl groups is 2. The Labute approximate surface area is 159 Å². The van der Waals surface area contributed by atoms with Crippen molar-refractivity contribution in [2.45, 2.75) is 25.7 Å². The number of hydrogen-bond acceptors (Lipinski definition) is 4. The van der Waals surface area contributed by atoms with Crippen LogP contribution in [0.2, 0.25) is 0 Å². The number of aliphatic hydroxyl groups is 1. The van der Waals surface area contributed by atoms with Gasteiger partial charge in [0, 0.05) is 23.0 Å². The van der Waals surface area contributed by atoms with Crippen LogP contribution in [0.25, 0.3) is 0 Å². The van der Waals surface area contributed by atoms with Gasteiger partial charge in [0.05, 0.1) is 6.61 Å². The summed E-state index contributed by atoms with van der Waals surface area (Å²) < 4.78 is 6.01. The standard InChI is InChI=1S/C23H24O4/c1-4-17(24)8-5-14(2)22-19-11-12-21(26)15(3)23(19)27-13-20(22)16-6-9-18(25)10-7-16/h4-12,20,22,24-26H,2,13H2,1,3H3/b8-5-,17-4+/t20-,22-/m0/s1. The molecule has 0 fully saturated rings. The lowest BCUT2D eigenvalue weighted by atomic mass is 9.75. The summed E-state index contributed by atoms with van der Waals surface area (Å²) in [7, 11) is 0. The van der Waals surface area contributed by atoms with E-state index < -0.39 is 0 Å². The van der Waals surface area contributed by atoms with E-state index in [1.165, 1.54) is 0 Å². The van der Waals surface area contributed by atoms with E-state index in [1.807, 2.05) is 31.2 Å². The normalized spacial score (nSPS) is 19.6. The van der Waals surface area contributed by atoms with E-state index in [4.69, 9.17) is 4.74 Å². The molecule has 1 aliphatic heterocycles. The zero-order valence-corrected chi connectivity index (χ0v) is 15.5. The second kappa shape index (κ2) is 7.62. The molecule has 2 aromatic rings. The molecule has 0 aromatic heterocycles. The van der Waals surface area contributed by atoms with Gasteiger partial charge in [-0.2, -0.15) is 0 Å². The molecule has 140 valence electrons. The van der Waals surface area contributed by atoms with Crippen LogP contribution in [0.15, 0.2) is 72.5 Å². The number of aliphatic hydroxyl groups excluding tert-OH is 1. The number of benzene rings is 2. The average molecular weight is 364 g/mol. The lowest BCUT2D eigenvalue weighted by Crippen LogP contribution is -2.25. The maximum Gasteiger partial charge on any atom is 0.129 e. The van der Waals surface area contributed by atoms with E-state index in [0.29, 0.717) is 17.9 Å². The van der Waals surface area contributed by atoms with Gasteiger partial charge in [0.15, 0.2) is 0 Å². The van der Waals surface area contributed by atoms with Crippen molar-refractivity contribution in [3.63, 3.8) is 0 Å². The zero-order chi connectivity index (χ0) is 19.6. The Morgan fingerprint density at radius 1 is 1.11 bits per heavy atom. The number of fused-ring (bicyclic) bond motifs is 1. The van der Waals surface area contributed by atoms with Crippen molar-refractivity contribution in [2.24, 2.45) is 0 Å². The van der Waals surface area contributed by atoms with Crippen LogP contribution in [0.1, 0.15) is 35.4 Å². The molecular formula is C23H24O4. The van der Waals surface area contributed by atoms with Gasteiger partial charge in [0.2, 0.25) is 0 Å². The molecule has 0 saturated carbocycles. The summed E-state index contributed by atoms with van der Waals surface area (Å²) in [6.07, 6.45) is 5.05. The van der Waals surface area contributed by atoms with Crippen molar-refractivity contribution in [2.75, 3.05) is 6.61 Å². The molecule has 0 saturated heterocycles. The second-order valence-corrected chi connectivity index (χ2v) is 6.74. The highest BCUT2D eigenvalue weighted by Gasteiger charge is 2.34. The Balaban J connectivity index is 2.08. The van der Waals surface area contributed by atoms with E-state index in [0.717, 1.165) is 16.7 Å². The van der Waals surface area contributed by atoms with Crippen molar-refractivity contribution in [3.8, 4) is 17.2 Å². The third-order valence-corrected chi connectivity index (χ3v) is 5.04. The summed E-state index contributed by atoms with van der Waals surface area (Å²) >= 11 is 0. The molecule has 4 heteroatoms. The summed E-state index contributed by atoms with van der Waals surface area (Å²) in [5.74, 6) is 1.17. The monoisotopic (exact) mass is 364 g/mol. The van der Waals surface area contributed by atoms with Crippen molar-refractivity contribution >= 4 is 0 Å². The molecule has 2 aromatic carbocycles. The minimum absolute atomic E-state index is 0.00746. The van der Waals surface area contributed by atoms with Crippen LogP contribution in [0.4, 0.5) is 0 Å². The maximum atomic E-state index is 10.0. The number of phenols is 2. The molecule has 1 aliphatic rings. The second-order valence-electron chi connectivity index (χ2n) is 6.74. The van der Waals surface area contributed by atoms with Gasteiger partial charge in [0.1, 0.15) is 23.0 Å². The van der Waals surface area contributed by atoms with E-state index in [-0.39, 0.29) is 29.1 Å². The Morgan fingerprint density at radius 3 is 2.48 bits per heavy atom. The van der Waals surface area contributed by atoms with Crippen molar-refractivity contribution < 1.29 is 20.1 Å². The predicted octanol–water partition coefficient (Wildman–Crippen LogP) is 5.24. The van der Waals surface area contributed by atoms with Crippen LogP contribution in [0, 0.1) is 6.92 Å².